The third-order valence-electron chi connectivity index (χ3n) is 4.29. The lowest BCUT2D eigenvalue weighted by Crippen LogP contribution is -2.44. The van der Waals surface area contributed by atoms with Gasteiger partial charge in [-0.2, -0.15) is 11.8 Å². The molecule has 2 aliphatic rings. The van der Waals surface area contributed by atoms with E-state index in [-0.39, 0.29) is 24.0 Å². The number of guanidine groups is 1. The van der Waals surface area contributed by atoms with Gasteiger partial charge in [-0.15, -0.1) is 24.0 Å². The first-order valence-electron chi connectivity index (χ1n) is 8.50. The lowest BCUT2D eigenvalue weighted by molar-refractivity contribution is -0.0320. The second-order valence-corrected chi connectivity index (χ2v) is 7.97. The van der Waals surface area contributed by atoms with Gasteiger partial charge in [0, 0.05) is 44.7 Å². The van der Waals surface area contributed by atoms with Gasteiger partial charge in [0.2, 0.25) is 0 Å². The van der Waals surface area contributed by atoms with Crippen molar-refractivity contribution in [1.82, 2.24) is 10.6 Å². The van der Waals surface area contributed by atoms with Crippen LogP contribution >= 0.6 is 35.7 Å². The van der Waals surface area contributed by atoms with E-state index in [1.165, 1.54) is 18.6 Å². The number of ether oxygens (including phenoxy) is 2. The molecule has 0 amide bonds. The molecule has 0 aromatic carbocycles. The van der Waals surface area contributed by atoms with E-state index in [4.69, 9.17) is 9.47 Å². The standard InChI is InChI=1S/C16H31N3O2S.HI/c1-16(7-3-12-22-16)13-19-15(17-2)18-8-4-9-21-14-5-10-20-11-6-14;/h14H,3-13H2,1-2H3,(H2,17,18,19);1H. The summed E-state index contributed by atoms with van der Waals surface area (Å²) in [6.07, 6.45) is 6.09. The number of rotatable bonds is 7. The quantitative estimate of drug-likeness (QED) is 0.267. The van der Waals surface area contributed by atoms with Gasteiger partial charge in [-0.05, 0) is 44.8 Å². The third-order valence-corrected chi connectivity index (χ3v) is 5.83. The zero-order valence-electron chi connectivity index (χ0n) is 14.4. The van der Waals surface area contributed by atoms with Crippen molar-refractivity contribution in [1.29, 1.82) is 0 Å². The molecule has 23 heavy (non-hydrogen) atoms. The molecule has 2 fully saturated rings. The largest absolute Gasteiger partial charge is 0.381 e. The Hall–Kier alpha value is 0.270. The number of hydrogen-bond acceptors (Lipinski definition) is 4. The molecule has 0 spiro atoms. The van der Waals surface area contributed by atoms with Crippen LogP contribution in [-0.4, -0.2) is 62.5 Å². The van der Waals surface area contributed by atoms with Crippen LogP contribution in [-0.2, 0) is 9.47 Å². The van der Waals surface area contributed by atoms with E-state index < -0.39 is 0 Å². The van der Waals surface area contributed by atoms with Crippen LogP contribution in [0.25, 0.3) is 0 Å². The Bertz CT molecular complexity index is 346. The fourth-order valence-corrected chi connectivity index (χ4v) is 4.08. The summed E-state index contributed by atoms with van der Waals surface area (Å²) in [5.74, 6) is 2.19. The van der Waals surface area contributed by atoms with E-state index in [1.807, 2.05) is 7.05 Å². The van der Waals surface area contributed by atoms with Crippen LogP contribution in [0.5, 0.6) is 0 Å². The minimum atomic E-state index is 0. The molecule has 0 aliphatic carbocycles. The highest BCUT2D eigenvalue weighted by molar-refractivity contribution is 14.0. The molecule has 1 atom stereocenters. The van der Waals surface area contributed by atoms with Gasteiger partial charge >= 0.3 is 0 Å². The fourth-order valence-electron chi connectivity index (χ4n) is 2.84. The minimum Gasteiger partial charge on any atom is -0.381 e. The van der Waals surface area contributed by atoms with E-state index in [0.717, 1.165) is 58.1 Å². The first kappa shape index (κ1) is 21.3. The molecule has 2 heterocycles. The Morgan fingerprint density at radius 3 is 2.78 bits per heavy atom. The summed E-state index contributed by atoms with van der Waals surface area (Å²) in [4.78, 5) is 4.30. The predicted molar refractivity (Wildman–Crippen MR) is 109 cm³/mol. The van der Waals surface area contributed by atoms with Gasteiger partial charge in [-0.1, -0.05) is 0 Å². The monoisotopic (exact) mass is 457 g/mol. The number of thioether (sulfide) groups is 1. The molecule has 2 rings (SSSR count). The Morgan fingerprint density at radius 1 is 1.35 bits per heavy atom. The Balaban J connectivity index is 0.00000264. The van der Waals surface area contributed by atoms with Crippen molar-refractivity contribution in [3.8, 4) is 0 Å². The summed E-state index contributed by atoms with van der Waals surface area (Å²) in [6.45, 7) is 6.71. The molecule has 0 radical (unpaired) electrons. The van der Waals surface area contributed by atoms with Crippen LogP contribution in [0.15, 0.2) is 4.99 Å². The zero-order valence-corrected chi connectivity index (χ0v) is 17.6. The molecule has 1 unspecified atom stereocenters. The average molecular weight is 457 g/mol. The molecule has 0 aromatic heterocycles. The number of nitrogens with zero attached hydrogens (tertiary/aromatic N) is 1. The van der Waals surface area contributed by atoms with Crippen molar-refractivity contribution in [3.05, 3.63) is 0 Å². The van der Waals surface area contributed by atoms with Crippen LogP contribution in [0.2, 0.25) is 0 Å². The molecular formula is C16H32IN3O2S. The highest BCUT2D eigenvalue weighted by Crippen LogP contribution is 2.36. The van der Waals surface area contributed by atoms with Gasteiger partial charge in [-0.25, -0.2) is 0 Å². The molecule has 2 saturated heterocycles. The molecule has 0 bridgehead atoms. The topological polar surface area (TPSA) is 54.9 Å². The van der Waals surface area contributed by atoms with Gasteiger partial charge < -0.3 is 20.1 Å². The molecule has 2 aliphatic heterocycles. The van der Waals surface area contributed by atoms with E-state index in [0.29, 0.717) is 10.9 Å². The summed E-state index contributed by atoms with van der Waals surface area (Å²) in [5, 5.41) is 6.83. The fraction of sp³-hybridized carbons (Fsp3) is 0.938. The van der Waals surface area contributed by atoms with Gasteiger partial charge in [0.25, 0.3) is 0 Å². The van der Waals surface area contributed by atoms with Crippen molar-refractivity contribution < 1.29 is 9.47 Å². The number of halogens is 1. The maximum absolute atomic E-state index is 5.87. The first-order chi connectivity index (χ1) is 10.7. The van der Waals surface area contributed by atoms with Crippen LogP contribution in [0.1, 0.15) is 39.0 Å². The molecule has 7 heteroatoms. The van der Waals surface area contributed by atoms with Crippen molar-refractivity contribution >= 4 is 41.7 Å². The van der Waals surface area contributed by atoms with Crippen LogP contribution in [0, 0.1) is 0 Å². The minimum absolute atomic E-state index is 0. The molecule has 0 saturated carbocycles. The maximum atomic E-state index is 5.87. The SMILES string of the molecule is CN=C(NCCCOC1CCOCC1)NCC1(C)CCCS1.I. The zero-order chi connectivity index (χ0) is 15.7. The maximum Gasteiger partial charge on any atom is 0.191 e. The Kier molecular flexibility index (Phi) is 10.9. The van der Waals surface area contributed by atoms with Gasteiger partial charge in [0.1, 0.15) is 0 Å². The smallest absolute Gasteiger partial charge is 0.191 e. The summed E-state index contributed by atoms with van der Waals surface area (Å²) in [5.41, 5.74) is 0. The van der Waals surface area contributed by atoms with Crippen molar-refractivity contribution in [2.24, 2.45) is 4.99 Å². The highest BCUT2D eigenvalue weighted by atomic mass is 127. The first-order valence-corrected chi connectivity index (χ1v) is 9.48. The number of hydrogen-bond donors (Lipinski definition) is 2. The van der Waals surface area contributed by atoms with Crippen LogP contribution < -0.4 is 10.6 Å². The lowest BCUT2D eigenvalue weighted by Gasteiger charge is -2.24. The predicted octanol–water partition coefficient (Wildman–Crippen LogP) is 2.64. The summed E-state index contributed by atoms with van der Waals surface area (Å²) < 4.78 is 11.6. The van der Waals surface area contributed by atoms with E-state index >= 15 is 0 Å². The Labute approximate surface area is 162 Å². The number of aliphatic imine (C=N–C) groups is 1. The van der Waals surface area contributed by atoms with Crippen LogP contribution in [0.3, 0.4) is 0 Å². The van der Waals surface area contributed by atoms with Crippen LogP contribution in [0.4, 0.5) is 0 Å². The second kappa shape index (κ2) is 11.8. The molecule has 136 valence electrons. The molecule has 2 N–H and O–H groups in total. The second-order valence-electron chi connectivity index (χ2n) is 6.29. The van der Waals surface area contributed by atoms with Crippen molar-refractivity contribution in [2.45, 2.75) is 49.9 Å². The lowest BCUT2D eigenvalue weighted by atomic mass is 10.1. The van der Waals surface area contributed by atoms with E-state index in [9.17, 15) is 0 Å². The Morgan fingerprint density at radius 2 is 2.13 bits per heavy atom. The normalized spacial score (nSPS) is 25.9. The van der Waals surface area contributed by atoms with E-state index in [1.54, 1.807) is 0 Å². The van der Waals surface area contributed by atoms with Gasteiger partial charge in [-0.3, -0.25) is 4.99 Å². The highest BCUT2D eigenvalue weighted by Gasteiger charge is 2.29. The van der Waals surface area contributed by atoms with Gasteiger partial charge in [0.05, 0.1) is 6.10 Å². The summed E-state index contributed by atoms with van der Waals surface area (Å²) >= 11 is 2.07. The number of nitrogens with one attached hydrogen (secondary N) is 2. The van der Waals surface area contributed by atoms with Crippen molar-refractivity contribution in [3.63, 3.8) is 0 Å². The average Bonchev–Trinajstić information content (AvgIpc) is 2.98. The van der Waals surface area contributed by atoms with Crippen molar-refractivity contribution in [2.75, 3.05) is 45.7 Å². The van der Waals surface area contributed by atoms with E-state index in [2.05, 4.69) is 34.3 Å². The molecular weight excluding hydrogens is 425 g/mol. The third kappa shape index (κ3) is 8.27. The molecule has 0 aromatic rings. The summed E-state index contributed by atoms with van der Waals surface area (Å²) in [6, 6.07) is 0. The summed E-state index contributed by atoms with van der Waals surface area (Å²) in [7, 11) is 1.83. The molecule has 5 nitrogen and oxygen atoms in total. The van der Waals surface area contributed by atoms with Gasteiger partial charge in [0.15, 0.2) is 5.96 Å².